The van der Waals surface area contributed by atoms with E-state index in [4.69, 9.17) is 4.74 Å². The van der Waals surface area contributed by atoms with Crippen LogP contribution in [0.1, 0.15) is 5.56 Å². The molecule has 0 aliphatic heterocycles. The van der Waals surface area contributed by atoms with E-state index in [0.717, 1.165) is 5.56 Å². The van der Waals surface area contributed by atoms with Crippen molar-refractivity contribution in [3.63, 3.8) is 0 Å². The van der Waals surface area contributed by atoms with Gasteiger partial charge in [0.2, 0.25) is 0 Å². The fourth-order valence-corrected chi connectivity index (χ4v) is 3.32. The minimum Gasteiger partial charge on any atom is -0.389 e. The van der Waals surface area contributed by atoms with E-state index in [1.54, 1.807) is 24.3 Å². The Hall–Kier alpha value is -3.35. The van der Waals surface area contributed by atoms with E-state index >= 15 is 0 Å². The largest absolute Gasteiger partial charge is 0.389 e. The second-order valence-corrected chi connectivity index (χ2v) is 7.04. The van der Waals surface area contributed by atoms with Crippen LogP contribution in [-0.4, -0.2) is 27.6 Å². The van der Waals surface area contributed by atoms with Gasteiger partial charge in [-0.25, -0.2) is 9.07 Å². The molecule has 5 nitrogen and oxygen atoms in total. The number of aliphatic hydroxyl groups excluding tert-OH is 1. The highest BCUT2D eigenvalue weighted by Crippen LogP contribution is 2.24. The van der Waals surface area contributed by atoms with E-state index in [9.17, 15) is 14.3 Å². The first-order valence-corrected chi connectivity index (χ1v) is 9.67. The lowest BCUT2D eigenvalue weighted by molar-refractivity contribution is 0.0181. The molecule has 4 aromatic rings. The molecule has 152 valence electrons. The van der Waals surface area contributed by atoms with Crippen molar-refractivity contribution in [1.82, 2.24) is 9.78 Å². The topological polar surface area (TPSA) is 64.4 Å². The van der Waals surface area contributed by atoms with Crippen molar-refractivity contribution >= 4 is 10.8 Å². The van der Waals surface area contributed by atoms with E-state index < -0.39 is 6.10 Å². The fourth-order valence-electron chi connectivity index (χ4n) is 3.32. The summed E-state index contributed by atoms with van der Waals surface area (Å²) in [5, 5.41) is 16.0. The molecule has 3 aromatic carbocycles. The number of aromatic nitrogens is 2. The van der Waals surface area contributed by atoms with Crippen LogP contribution in [0.4, 0.5) is 4.39 Å². The molecule has 6 heteroatoms. The summed E-state index contributed by atoms with van der Waals surface area (Å²) in [4.78, 5) is 12.9. The SMILES string of the molecule is O=c1c2ccccc2c(-c2ccc(F)cc2)nn1C[C@H](O)COCc1ccccc1. The van der Waals surface area contributed by atoms with Crippen LogP contribution in [0.15, 0.2) is 83.7 Å². The first kappa shape index (κ1) is 19.9. The molecule has 0 amide bonds. The molecule has 0 saturated heterocycles. The van der Waals surface area contributed by atoms with Crippen LogP contribution in [-0.2, 0) is 17.9 Å². The van der Waals surface area contributed by atoms with Gasteiger partial charge in [0.05, 0.1) is 36.9 Å². The standard InChI is InChI=1S/C24H21FN2O3/c25-19-12-10-18(11-13-19)23-21-8-4-5-9-22(21)24(29)27(26-23)14-20(28)16-30-15-17-6-2-1-3-7-17/h1-13,20,28H,14-16H2/t20-/m0/s1. The highest BCUT2D eigenvalue weighted by atomic mass is 19.1. The molecule has 4 rings (SSSR count). The molecule has 1 aromatic heterocycles. The molecule has 0 spiro atoms. The fraction of sp³-hybridized carbons (Fsp3) is 0.167. The highest BCUT2D eigenvalue weighted by molar-refractivity contribution is 5.93. The number of nitrogens with zero attached hydrogens (tertiary/aromatic N) is 2. The van der Waals surface area contributed by atoms with Gasteiger partial charge in [-0.1, -0.05) is 48.5 Å². The lowest BCUT2D eigenvalue weighted by atomic mass is 10.1. The minimum absolute atomic E-state index is 0.00729. The Morgan fingerprint density at radius 2 is 1.60 bits per heavy atom. The summed E-state index contributed by atoms with van der Waals surface area (Å²) < 4.78 is 20.2. The van der Waals surface area contributed by atoms with Crippen molar-refractivity contribution in [2.24, 2.45) is 0 Å². The number of benzene rings is 3. The summed E-state index contributed by atoms with van der Waals surface area (Å²) >= 11 is 0. The quantitative estimate of drug-likeness (QED) is 0.509. The molecule has 30 heavy (non-hydrogen) atoms. The van der Waals surface area contributed by atoms with E-state index in [-0.39, 0.29) is 24.5 Å². The van der Waals surface area contributed by atoms with E-state index in [1.165, 1.54) is 16.8 Å². The lowest BCUT2D eigenvalue weighted by Gasteiger charge is -2.15. The van der Waals surface area contributed by atoms with Crippen LogP contribution < -0.4 is 5.56 Å². The maximum Gasteiger partial charge on any atom is 0.274 e. The lowest BCUT2D eigenvalue weighted by Crippen LogP contribution is -2.31. The number of rotatable bonds is 7. The van der Waals surface area contributed by atoms with Crippen LogP contribution in [0.2, 0.25) is 0 Å². The second-order valence-electron chi connectivity index (χ2n) is 7.04. The van der Waals surface area contributed by atoms with Gasteiger partial charge in [-0.2, -0.15) is 5.10 Å². The van der Waals surface area contributed by atoms with Crippen LogP contribution in [0, 0.1) is 5.82 Å². The Balaban J connectivity index is 1.58. The molecule has 0 fully saturated rings. The third-order valence-electron chi connectivity index (χ3n) is 4.79. The average molecular weight is 404 g/mol. The average Bonchev–Trinajstić information content (AvgIpc) is 2.77. The van der Waals surface area contributed by atoms with Gasteiger partial charge >= 0.3 is 0 Å². The van der Waals surface area contributed by atoms with Crippen molar-refractivity contribution in [1.29, 1.82) is 0 Å². The predicted molar refractivity (Wildman–Crippen MR) is 114 cm³/mol. The number of aliphatic hydroxyl groups is 1. The Morgan fingerprint density at radius 3 is 2.33 bits per heavy atom. The molecule has 0 radical (unpaired) electrons. The van der Waals surface area contributed by atoms with Gasteiger partial charge in [-0.3, -0.25) is 4.79 Å². The summed E-state index contributed by atoms with van der Waals surface area (Å²) in [7, 11) is 0. The van der Waals surface area contributed by atoms with Gasteiger partial charge in [0.25, 0.3) is 5.56 Å². The van der Waals surface area contributed by atoms with Gasteiger partial charge < -0.3 is 9.84 Å². The molecule has 0 bridgehead atoms. The summed E-state index contributed by atoms with van der Waals surface area (Å²) in [6.45, 7) is 0.438. The number of halogens is 1. The molecule has 1 atom stereocenters. The van der Waals surface area contributed by atoms with Gasteiger partial charge in [-0.05, 0) is 35.9 Å². The third-order valence-corrected chi connectivity index (χ3v) is 4.79. The number of hydrogen-bond donors (Lipinski definition) is 1. The smallest absolute Gasteiger partial charge is 0.274 e. The Kier molecular flexibility index (Phi) is 5.97. The van der Waals surface area contributed by atoms with Gasteiger partial charge in [-0.15, -0.1) is 0 Å². The van der Waals surface area contributed by atoms with Gasteiger partial charge in [0.1, 0.15) is 5.82 Å². The molecular formula is C24H21FN2O3. The van der Waals surface area contributed by atoms with E-state index in [2.05, 4.69) is 5.10 Å². The zero-order valence-corrected chi connectivity index (χ0v) is 16.2. The number of hydrogen-bond acceptors (Lipinski definition) is 4. The molecule has 0 aliphatic rings. The minimum atomic E-state index is -0.902. The third kappa shape index (κ3) is 4.45. The highest BCUT2D eigenvalue weighted by Gasteiger charge is 2.15. The Morgan fingerprint density at radius 1 is 0.933 bits per heavy atom. The molecule has 0 unspecified atom stereocenters. The first-order valence-electron chi connectivity index (χ1n) is 9.67. The first-order chi connectivity index (χ1) is 14.6. The van der Waals surface area contributed by atoms with E-state index in [1.807, 2.05) is 42.5 Å². The Labute approximate surface area is 173 Å². The monoisotopic (exact) mass is 404 g/mol. The summed E-state index contributed by atoms with van der Waals surface area (Å²) in [6, 6.07) is 22.7. The molecule has 1 N–H and O–H groups in total. The molecule has 0 saturated carbocycles. The number of ether oxygens (including phenoxy) is 1. The zero-order valence-electron chi connectivity index (χ0n) is 16.2. The predicted octanol–water partition coefficient (Wildman–Crippen LogP) is 3.78. The van der Waals surface area contributed by atoms with E-state index in [0.29, 0.717) is 28.6 Å². The molecule has 1 heterocycles. The van der Waals surface area contributed by atoms with Crippen molar-refractivity contribution in [2.75, 3.05) is 6.61 Å². The van der Waals surface area contributed by atoms with Gasteiger partial charge in [0.15, 0.2) is 0 Å². The van der Waals surface area contributed by atoms with Crippen molar-refractivity contribution < 1.29 is 14.2 Å². The summed E-state index contributed by atoms with van der Waals surface area (Å²) in [6.07, 6.45) is -0.902. The maximum absolute atomic E-state index is 13.4. The van der Waals surface area contributed by atoms with Gasteiger partial charge in [0, 0.05) is 10.9 Å². The van der Waals surface area contributed by atoms with Crippen molar-refractivity contribution in [2.45, 2.75) is 19.3 Å². The molecular weight excluding hydrogens is 383 g/mol. The van der Waals surface area contributed by atoms with Crippen LogP contribution in [0.3, 0.4) is 0 Å². The van der Waals surface area contributed by atoms with Crippen LogP contribution in [0.25, 0.3) is 22.0 Å². The van der Waals surface area contributed by atoms with Crippen molar-refractivity contribution in [3.8, 4) is 11.3 Å². The van der Waals surface area contributed by atoms with Crippen LogP contribution in [0.5, 0.6) is 0 Å². The molecule has 0 aliphatic carbocycles. The number of fused-ring (bicyclic) bond motifs is 1. The maximum atomic E-state index is 13.4. The summed E-state index contributed by atoms with van der Waals surface area (Å²) in [5.41, 5.74) is 1.96. The Bertz CT molecular complexity index is 1190. The zero-order chi connectivity index (χ0) is 20.9. The normalized spacial score (nSPS) is 12.2. The summed E-state index contributed by atoms with van der Waals surface area (Å²) in [5.74, 6) is -0.345. The second kappa shape index (κ2) is 8.98. The van der Waals surface area contributed by atoms with Crippen molar-refractivity contribution in [3.05, 3.63) is 101 Å². The van der Waals surface area contributed by atoms with Crippen LogP contribution >= 0.6 is 0 Å².